The third kappa shape index (κ3) is 9.74. The summed E-state index contributed by atoms with van der Waals surface area (Å²) in [6.45, 7) is 16.6. The van der Waals surface area contributed by atoms with E-state index in [1.807, 2.05) is 0 Å². The molecule has 0 aliphatic heterocycles. The van der Waals surface area contributed by atoms with Gasteiger partial charge in [-0.25, -0.2) is 4.79 Å². The predicted octanol–water partition coefficient (Wildman–Crippen LogP) is 7.82. The summed E-state index contributed by atoms with van der Waals surface area (Å²) in [6.07, 6.45) is 21.3. The first-order chi connectivity index (χ1) is 22.2. The maximum Gasteiger partial charge on any atom is 0.407 e. The van der Waals surface area contributed by atoms with Gasteiger partial charge < -0.3 is 29.0 Å². The molecule has 0 spiro atoms. The van der Waals surface area contributed by atoms with E-state index in [2.05, 4.69) is 51.9 Å². The average molecular weight is 644 g/mol. The molecular formula is C39H65NO6. The van der Waals surface area contributed by atoms with Gasteiger partial charge in [-0.2, -0.15) is 0 Å². The SMILES string of the molecule is C#CCOCCOCCOCCOCCNC(=O)O[C@H]1CC[C@@]2(C)C(=CC[C@H]3[C@@H]4CC[C@H]([C@H](C)CCCC(C)C)[C@@]4(C)CC[C@@H]32)C1. The van der Waals surface area contributed by atoms with E-state index >= 15 is 0 Å². The Balaban J connectivity index is 1.13. The number of rotatable bonds is 19. The van der Waals surface area contributed by atoms with Crippen molar-refractivity contribution in [3.8, 4) is 12.3 Å². The third-order valence-electron chi connectivity index (χ3n) is 12.4. The highest BCUT2D eigenvalue weighted by molar-refractivity contribution is 5.67. The van der Waals surface area contributed by atoms with Crippen LogP contribution in [-0.4, -0.2) is 71.6 Å². The minimum absolute atomic E-state index is 0.0345. The van der Waals surface area contributed by atoms with Gasteiger partial charge in [-0.15, -0.1) is 6.42 Å². The molecule has 0 aromatic heterocycles. The molecule has 0 radical (unpaired) electrons. The van der Waals surface area contributed by atoms with Crippen LogP contribution in [0.4, 0.5) is 4.79 Å². The first kappa shape index (κ1) is 37.2. The van der Waals surface area contributed by atoms with Crippen LogP contribution in [0, 0.1) is 58.7 Å². The smallest absolute Gasteiger partial charge is 0.407 e. The van der Waals surface area contributed by atoms with Crippen molar-refractivity contribution in [2.75, 3.05) is 59.4 Å². The summed E-state index contributed by atoms with van der Waals surface area (Å²) in [5.74, 6) is 7.45. The summed E-state index contributed by atoms with van der Waals surface area (Å²) >= 11 is 0. The van der Waals surface area contributed by atoms with Crippen LogP contribution in [0.25, 0.3) is 0 Å². The summed E-state index contributed by atoms with van der Waals surface area (Å²) in [6, 6.07) is 0. The molecule has 3 saturated carbocycles. The standard InChI is InChI=1S/C39H65NO6/c1-7-20-42-22-24-44-26-27-45-25-23-43-21-19-40-37(41)46-32-15-17-38(5)31(28-32)11-12-33-35-14-13-34(30(4)10-8-9-29(2)3)39(35,6)18-16-36(33)38/h1,11,29-30,32-36H,8-10,12-28H2,2-6H3,(H,40,41)/t30-,32+,33+,34-,35+,36+,38+,39-/m1/s1. The molecule has 1 N–H and O–H groups in total. The number of alkyl carbamates (subject to hydrolysis) is 1. The van der Waals surface area contributed by atoms with Crippen molar-refractivity contribution in [2.24, 2.45) is 46.3 Å². The Morgan fingerprint density at radius 1 is 0.913 bits per heavy atom. The fourth-order valence-corrected chi connectivity index (χ4v) is 9.96. The van der Waals surface area contributed by atoms with Gasteiger partial charge in [-0.1, -0.05) is 71.5 Å². The Morgan fingerprint density at radius 2 is 1.61 bits per heavy atom. The quantitative estimate of drug-likeness (QED) is 0.0879. The first-order valence-corrected chi connectivity index (χ1v) is 18.6. The van der Waals surface area contributed by atoms with Crippen LogP contribution in [0.15, 0.2) is 11.6 Å². The van der Waals surface area contributed by atoms with Gasteiger partial charge in [0.25, 0.3) is 0 Å². The molecule has 4 aliphatic rings. The van der Waals surface area contributed by atoms with Gasteiger partial charge in [0.15, 0.2) is 0 Å². The van der Waals surface area contributed by atoms with E-state index < -0.39 is 0 Å². The zero-order chi connectivity index (χ0) is 33.0. The number of allylic oxidation sites excluding steroid dienone is 1. The normalized spacial score (nSPS) is 32.5. The number of hydrogen-bond donors (Lipinski definition) is 1. The molecule has 0 aromatic rings. The zero-order valence-corrected chi connectivity index (χ0v) is 29.8. The van der Waals surface area contributed by atoms with E-state index in [9.17, 15) is 4.79 Å². The molecule has 4 rings (SSSR count). The lowest BCUT2D eigenvalue weighted by Crippen LogP contribution is -2.51. The first-order valence-electron chi connectivity index (χ1n) is 18.6. The van der Waals surface area contributed by atoms with E-state index in [0.29, 0.717) is 64.8 Å². The molecule has 8 atom stereocenters. The Labute approximate surface area is 280 Å². The topological polar surface area (TPSA) is 75.3 Å². The Hall–Kier alpha value is -1.59. The minimum Gasteiger partial charge on any atom is -0.446 e. The van der Waals surface area contributed by atoms with Crippen molar-refractivity contribution < 1.29 is 28.5 Å². The van der Waals surface area contributed by atoms with E-state index in [-0.39, 0.29) is 17.6 Å². The summed E-state index contributed by atoms with van der Waals surface area (Å²) in [5, 5.41) is 2.87. The van der Waals surface area contributed by atoms with Crippen molar-refractivity contribution in [3.63, 3.8) is 0 Å². The highest BCUT2D eigenvalue weighted by Gasteiger charge is 2.59. The van der Waals surface area contributed by atoms with Crippen molar-refractivity contribution in [2.45, 2.75) is 111 Å². The van der Waals surface area contributed by atoms with Gasteiger partial charge in [-0.3, -0.25) is 0 Å². The van der Waals surface area contributed by atoms with Gasteiger partial charge in [0.1, 0.15) is 12.7 Å². The van der Waals surface area contributed by atoms with Gasteiger partial charge in [-0.05, 0) is 91.3 Å². The molecule has 0 aromatic carbocycles. The fourth-order valence-electron chi connectivity index (χ4n) is 9.96. The number of amides is 1. The molecule has 0 saturated heterocycles. The van der Waals surface area contributed by atoms with E-state index in [0.717, 1.165) is 54.8 Å². The molecule has 0 heterocycles. The van der Waals surface area contributed by atoms with Gasteiger partial charge in [0.2, 0.25) is 0 Å². The van der Waals surface area contributed by atoms with Crippen LogP contribution in [0.5, 0.6) is 0 Å². The summed E-state index contributed by atoms with van der Waals surface area (Å²) in [4.78, 5) is 12.6. The zero-order valence-electron chi connectivity index (χ0n) is 29.8. The molecule has 7 heteroatoms. The summed E-state index contributed by atoms with van der Waals surface area (Å²) < 4.78 is 27.5. The van der Waals surface area contributed by atoms with Crippen LogP contribution in [-0.2, 0) is 23.7 Å². The van der Waals surface area contributed by atoms with Crippen LogP contribution in [0.1, 0.15) is 105 Å². The number of carbonyl (C=O) groups is 1. The third-order valence-corrected chi connectivity index (χ3v) is 12.4. The van der Waals surface area contributed by atoms with Crippen molar-refractivity contribution >= 4 is 6.09 Å². The van der Waals surface area contributed by atoms with Crippen LogP contribution in [0.2, 0.25) is 0 Å². The molecule has 0 unspecified atom stereocenters. The molecule has 46 heavy (non-hydrogen) atoms. The number of ether oxygens (including phenoxy) is 5. The Bertz CT molecular complexity index is 1010. The molecule has 4 aliphatic carbocycles. The molecular weight excluding hydrogens is 578 g/mol. The highest BCUT2D eigenvalue weighted by Crippen LogP contribution is 2.67. The van der Waals surface area contributed by atoms with Gasteiger partial charge in [0.05, 0.1) is 46.2 Å². The number of carbonyl (C=O) groups excluding carboxylic acids is 1. The number of terminal acetylenes is 1. The molecule has 0 bridgehead atoms. The highest BCUT2D eigenvalue weighted by atomic mass is 16.6. The molecule has 1 amide bonds. The monoisotopic (exact) mass is 643 g/mol. The molecule has 7 nitrogen and oxygen atoms in total. The number of nitrogens with one attached hydrogen (secondary N) is 1. The average Bonchev–Trinajstić information content (AvgIpc) is 3.38. The number of fused-ring (bicyclic) bond motifs is 5. The summed E-state index contributed by atoms with van der Waals surface area (Å²) in [5.41, 5.74) is 2.34. The van der Waals surface area contributed by atoms with E-state index in [1.54, 1.807) is 5.57 Å². The van der Waals surface area contributed by atoms with Crippen LogP contribution >= 0.6 is 0 Å². The van der Waals surface area contributed by atoms with E-state index in [1.165, 1.54) is 51.4 Å². The molecule has 3 fully saturated rings. The second-order valence-electron chi connectivity index (χ2n) is 15.6. The Morgan fingerprint density at radius 3 is 2.30 bits per heavy atom. The second-order valence-corrected chi connectivity index (χ2v) is 15.6. The maximum absolute atomic E-state index is 12.6. The lowest BCUT2D eigenvalue weighted by molar-refractivity contribution is -0.0581. The predicted molar refractivity (Wildman–Crippen MR) is 183 cm³/mol. The lowest BCUT2D eigenvalue weighted by Gasteiger charge is -2.58. The minimum atomic E-state index is -0.334. The summed E-state index contributed by atoms with van der Waals surface area (Å²) in [7, 11) is 0. The fraction of sp³-hybridized carbons (Fsp3) is 0.872. The van der Waals surface area contributed by atoms with Crippen molar-refractivity contribution in [3.05, 3.63) is 11.6 Å². The van der Waals surface area contributed by atoms with E-state index in [4.69, 9.17) is 30.1 Å². The molecule has 262 valence electrons. The second kappa shape index (κ2) is 18.2. The largest absolute Gasteiger partial charge is 0.446 e. The maximum atomic E-state index is 12.6. The van der Waals surface area contributed by atoms with Crippen LogP contribution in [0.3, 0.4) is 0 Å². The van der Waals surface area contributed by atoms with Crippen LogP contribution < -0.4 is 5.32 Å². The van der Waals surface area contributed by atoms with Gasteiger partial charge >= 0.3 is 6.09 Å². The van der Waals surface area contributed by atoms with Crippen molar-refractivity contribution in [1.82, 2.24) is 5.32 Å². The van der Waals surface area contributed by atoms with Gasteiger partial charge in [0, 0.05) is 13.0 Å². The lowest BCUT2D eigenvalue weighted by atomic mass is 9.47. The number of hydrogen-bond acceptors (Lipinski definition) is 6. The Kier molecular flexibility index (Phi) is 14.8. The van der Waals surface area contributed by atoms with Crippen molar-refractivity contribution in [1.29, 1.82) is 0 Å².